The number of benzene rings is 1. The Morgan fingerprint density at radius 1 is 1.18 bits per heavy atom. The highest BCUT2D eigenvalue weighted by Gasteiger charge is 2.12. The number of nitrogens with zero attached hydrogens (tertiary/aromatic N) is 1. The average molecular weight is 266 g/mol. The van der Waals surface area contributed by atoms with Crippen molar-refractivity contribution < 1.29 is 0 Å². The second-order valence-corrected chi connectivity index (χ2v) is 4.99. The minimum Gasteiger partial charge on any atom is -0.265 e. The summed E-state index contributed by atoms with van der Waals surface area (Å²) in [6, 6.07) is 9.91. The smallest absolute Gasteiger partial charge is 0.0640 e. The molecule has 0 N–H and O–H groups in total. The zero-order valence-electron chi connectivity index (χ0n) is 9.53. The van der Waals surface area contributed by atoms with Gasteiger partial charge in [0.1, 0.15) is 0 Å². The van der Waals surface area contributed by atoms with E-state index >= 15 is 0 Å². The lowest BCUT2D eigenvalue weighted by Crippen LogP contribution is -1.97. The van der Waals surface area contributed by atoms with E-state index in [4.69, 9.17) is 23.2 Å². The molecule has 0 aliphatic heterocycles. The van der Waals surface area contributed by atoms with Crippen LogP contribution in [0.3, 0.4) is 0 Å². The van der Waals surface area contributed by atoms with Gasteiger partial charge in [0.15, 0.2) is 0 Å². The van der Waals surface area contributed by atoms with Crippen LogP contribution in [0.1, 0.15) is 22.1 Å². The first-order chi connectivity index (χ1) is 8.16. The summed E-state index contributed by atoms with van der Waals surface area (Å²) < 4.78 is 0. The summed E-state index contributed by atoms with van der Waals surface area (Å²) >= 11 is 12.6. The number of rotatable bonds is 3. The van der Waals surface area contributed by atoms with Crippen molar-refractivity contribution in [2.45, 2.75) is 18.7 Å². The molecule has 1 atom stereocenters. The molecule has 17 heavy (non-hydrogen) atoms. The zero-order valence-corrected chi connectivity index (χ0v) is 11.0. The van der Waals surface area contributed by atoms with Gasteiger partial charge in [0.25, 0.3) is 0 Å². The van der Waals surface area contributed by atoms with Gasteiger partial charge in [0.05, 0.1) is 5.38 Å². The highest BCUT2D eigenvalue weighted by Crippen LogP contribution is 2.31. The van der Waals surface area contributed by atoms with Crippen LogP contribution in [-0.2, 0) is 6.42 Å². The quantitative estimate of drug-likeness (QED) is 0.742. The molecule has 3 heteroatoms. The van der Waals surface area contributed by atoms with Crippen LogP contribution in [0.15, 0.2) is 42.7 Å². The molecule has 1 unspecified atom stereocenters. The molecule has 0 fully saturated rings. The summed E-state index contributed by atoms with van der Waals surface area (Å²) in [7, 11) is 0. The Morgan fingerprint density at radius 2 is 1.88 bits per heavy atom. The predicted molar refractivity (Wildman–Crippen MR) is 72.7 cm³/mol. The number of aryl methyl sites for hydroxylation is 1. The number of aromatic nitrogens is 1. The summed E-state index contributed by atoms with van der Waals surface area (Å²) in [5.41, 5.74) is 3.29. The molecule has 1 nitrogen and oxygen atoms in total. The highest BCUT2D eigenvalue weighted by molar-refractivity contribution is 6.32. The maximum Gasteiger partial charge on any atom is 0.0640 e. The third-order valence-electron chi connectivity index (χ3n) is 2.66. The van der Waals surface area contributed by atoms with E-state index in [0.717, 1.165) is 28.1 Å². The van der Waals surface area contributed by atoms with Gasteiger partial charge < -0.3 is 0 Å². The van der Waals surface area contributed by atoms with E-state index in [1.807, 2.05) is 37.3 Å². The van der Waals surface area contributed by atoms with Gasteiger partial charge in [-0.25, -0.2) is 0 Å². The third-order valence-corrected chi connectivity index (χ3v) is 3.37. The summed E-state index contributed by atoms with van der Waals surface area (Å²) in [6.45, 7) is 2.02. The molecule has 0 spiro atoms. The molecule has 1 aromatic carbocycles. The van der Waals surface area contributed by atoms with Crippen molar-refractivity contribution in [3.63, 3.8) is 0 Å². The van der Waals surface area contributed by atoms with Gasteiger partial charge in [-0.2, -0.15) is 0 Å². The van der Waals surface area contributed by atoms with Crippen LogP contribution in [0.2, 0.25) is 5.02 Å². The van der Waals surface area contributed by atoms with E-state index in [0.29, 0.717) is 0 Å². The number of halogens is 2. The minimum atomic E-state index is -0.106. The van der Waals surface area contributed by atoms with Crippen molar-refractivity contribution in [3.05, 3.63) is 64.4 Å². The zero-order chi connectivity index (χ0) is 12.3. The Hall–Kier alpha value is -1.05. The van der Waals surface area contributed by atoms with Crippen LogP contribution in [0.5, 0.6) is 0 Å². The van der Waals surface area contributed by atoms with Crippen molar-refractivity contribution >= 4 is 23.2 Å². The highest BCUT2D eigenvalue weighted by atomic mass is 35.5. The Kier molecular flexibility index (Phi) is 4.03. The first kappa shape index (κ1) is 12.4. The molecule has 0 aliphatic carbocycles. The third kappa shape index (κ3) is 3.21. The Bertz CT molecular complexity index is 497. The summed E-state index contributed by atoms with van der Waals surface area (Å²) in [4.78, 5) is 3.99. The maximum atomic E-state index is 6.39. The SMILES string of the molecule is Cc1ccc(C(Cl)Cc2ccncc2)c(Cl)c1. The monoisotopic (exact) mass is 265 g/mol. The number of hydrogen-bond donors (Lipinski definition) is 0. The molecular formula is C14H13Cl2N. The van der Waals surface area contributed by atoms with E-state index < -0.39 is 0 Å². The number of hydrogen-bond acceptors (Lipinski definition) is 1. The van der Waals surface area contributed by atoms with Gasteiger partial charge in [-0.05, 0) is 48.2 Å². The topological polar surface area (TPSA) is 12.9 Å². The van der Waals surface area contributed by atoms with Crippen LogP contribution in [0.4, 0.5) is 0 Å². The van der Waals surface area contributed by atoms with Gasteiger partial charge in [0, 0.05) is 17.4 Å². The van der Waals surface area contributed by atoms with Gasteiger partial charge in [-0.15, -0.1) is 11.6 Å². The molecule has 1 heterocycles. The summed E-state index contributed by atoms with van der Waals surface area (Å²) in [5, 5.41) is 0.629. The molecule has 0 radical (unpaired) electrons. The lowest BCUT2D eigenvalue weighted by atomic mass is 10.0. The molecular weight excluding hydrogens is 253 g/mol. The number of alkyl halides is 1. The standard InChI is InChI=1S/C14H13Cl2N/c1-10-2-3-12(13(15)8-10)14(16)9-11-4-6-17-7-5-11/h2-8,14H,9H2,1H3. The summed E-state index contributed by atoms with van der Waals surface area (Å²) in [6.07, 6.45) is 4.30. The molecule has 0 bridgehead atoms. The predicted octanol–water partition coefficient (Wildman–Crippen LogP) is 4.57. The van der Waals surface area contributed by atoms with Gasteiger partial charge >= 0.3 is 0 Å². The summed E-state index contributed by atoms with van der Waals surface area (Å²) in [5.74, 6) is 0. The fraction of sp³-hybridized carbons (Fsp3) is 0.214. The molecule has 2 rings (SSSR count). The molecule has 2 aromatic rings. The van der Waals surface area contributed by atoms with Gasteiger partial charge in [-0.1, -0.05) is 23.7 Å². The Labute approximate surface area is 111 Å². The fourth-order valence-electron chi connectivity index (χ4n) is 1.72. The Balaban J connectivity index is 2.17. The fourth-order valence-corrected chi connectivity index (χ4v) is 2.51. The normalized spacial score (nSPS) is 12.4. The minimum absolute atomic E-state index is 0.106. The van der Waals surface area contributed by atoms with Crippen molar-refractivity contribution in [2.75, 3.05) is 0 Å². The van der Waals surface area contributed by atoms with Crippen LogP contribution >= 0.6 is 23.2 Å². The Morgan fingerprint density at radius 3 is 2.53 bits per heavy atom. The first-order valence-electron chi connectivity index (χ1n) is 5.46. The van der Waals surface area contributed by atoms with Crippen molar-refractivity contribution in [1.82, 2.24) is 4.98 Å². The van der Waals surface area contributed by atoms with E-state index in [2.05, 4.69) is 4.98 Å². The largest absolute Gasteiger partial charge is 0.265 e. The second kappa shape index (κ2) is 5.52. The van der Waals surface area contributed by atoms with Crippen LogP contribution in [-0.4, -0.2) is 4.98 Å². The van der Waals surface area contributed by atoms with E-state index in [1.54, 1.807) is 12.4 Å². The molecule has 1 aromatic heterocycles. The molecule has 88 valence electrons. The van der Waals surface area contributed by atoms with Crippen LogP contribution in [0, 0.1) is 6.92 Å². The average Bonchev–Trinajstić information content (AvgIpc) is 2.30. The maximum absolute atomic E-state index is 6.39. The molecule has 0 amide bonds. The molecule has 0 saturated carbocycles. The van der Waals surface area contributed by atoms with Crippen LogP contribution < -0.4 is 0 Å². The molecule has 0 saturated heterocycles. The second-order valence-electron chi connectivity index (χ2n) is 4.05. The van der Waals surface area contributed by atoms with Crippen LogP contribution in [0.25, 0.3) is 0 Å². The van der Waals surface area contributed by atoms with Crippen molar-refractivity contribution in [3.8, 4) is 0 Å². The molecule has 0 aliphatic rings. The number of pyridine rings is 1. The van der Waals surface area contributed by atoms with E-state index in [1.165, 1.54) is 0 Å². The lowest BCUT2D eigenvalue weighted by molar-refractivity contribution is 0.916. The van der Waals surface area contributed by atoms with Crippen molar-refractivity contribution in [1.29, 1.82) is 0 Å². The van der Waals surface area contributed by atoms with Gasteiger partial charge in [-0.3, -0.25) is 4.98 Å². The van der Waals surface area contributed by atoms with E-state index in [-0.39, 0.29) is 5.38 Å². The lowest BCUT2D eigenvalue weighted by Gasteiger charge is -2.12. The van der Waals surface area contributed by atoms with E-state index in [9.17, 15) is 0 Å². The first-order valence-corrected chi connectivity index (χ1v) is 6.27. The van der Waals surface area contributed by atoms with Crippen molar-refractivity contribution in [2.24, 2.45) is 0 Å². The van der Waals surface area contributed by atoms with Gasteiger partial charge in [0.2, 0.25) is 0 Å².